The van der Waals surface area contributed by atoms with Gasteiger partial charge in [0.05, 0.1) is 6.04 Å². The average molecular weight is 254 g/mol. The molecule has 0 fully saturated rings. The molecule has 2 nitrogen and oxygen atoms in total. The fourth-order valence-electron chi connectivity index (χ4n) is 1.75. The van der Waals surface area contributed by atoms with E-state index in [2.05, 4.69) is 5.32 Å². The van der Waals surface area contributed by atoms with Gasteiger partial charge < -0.3 is 9.73 Å². The van der Waals surface area contributed by atoms with Crippen LogP contribution in [-0.4, -0.2) is 7.05 Å². The third kappa shape index (κ3) is 2.51. The Balaban J connectivity index is 2.38. The van der Waals surface area contributed by atoms with Crippen LogP contribution in [0.5, 0.6) is 0 Å². The molecule has 90 valence electrons. The number of furan rings is 1. The third-order valence-corrected chi connectivity index (χ3v) is 2.90. The van der Waals surface area contributed by atoms with Crippen molar-refractivity contribution in [2.75, 3.05) is 7.05 Å². The van der Waals surface area contributed by atoms with Gasteiger partial charge in [0.2, 0.25) is 0 Å². The summed E-state index contributed by atoms with van der Waals surface area (Å²) in [7, 11) is 1.79. The van der Waals surface area contributed by atoms with E-state index in [1.807, 2.05) is 6.07 Å². The monoisotopic (exact) mass is 253 g/mol. The summed E-state index contributed by atoms with van der Waals surface area (Å²) in [4.78, 5) is 0. The molecule has 0 radical (unpaired) electrons. The first-order chi connectivity index (χ1) is 8.11. The first-order valence-corrected chi connectivity index (χ1v) is 5.68. The van der Waals surface area contributed by atoms with Crippen molar-refractivity contribution in [2.45, 2.75) is 13.0 Å². The van der Waals surface area contributed by atoms with Crippen LogP contribution in [0.1, 0.15) is 22.9 Å². The highest BCUT2D eigenvalue weighted by Gasteiger charge is 2.16. The summed E-state index contributed by atoms with van der Waals surface area (Å²) >= 11 is 5.74. The predicted octanol–water partition coefficient (Wildman–Crippen LogP) is 3.69. The molecule has 1 aromatic heterocycles. The molecule has 0 aliphatic heterocycles. The Kier molecular flexibility index (Phi) is 3.50. The molecule has 1 aromatic carbocycles. The second-order valence-electron chi connectivity index (χ2n) is 3.87. The van der Waals surface area contributed by atoms with Crippen molar-refractivity contribution in [3.63, 3.8) is 0 Å². The molecule has 0 bridgehead atoms. The molecule has 4 heteroatoms. The van der Waals surface area contributed by atoms with Crippen LogP contribution in [0, 0.1) is 12.7 Å². The largest absolute Gasteiger partial charge is 0.448 e. The van der Waals surface area contributed by atoms with E-state index in [4.69, 9.17) is 16.0 Å². The van der Waals surface area contributed by atoms with E-state index >= 15 is 0 Å². The molecule has 0 saturated carbocycles. The number of hydrogen-bond donors (Lipinski definition) is 1. The Morgan fingerprint density at radius 2 is 2.06 bits per heavy atom. The zero-order chi connectivity index (χ0) is 12.4. The summed E-state index contributed by atoms with van der Waals surface area (Å²) in [6, 6.07) is 8.38. The van der Waals surface area contributed by atoms with Crippen LogP contribution < -0.4 is 5.32 Å². The first-order valence-electron chi connectivity index (χ1n) is 5.30. The number of nitrogens with one attached hydrogen (secondary N) is 1. The van der Waals surface area contributed by atoms with Gasteiger partial charge >= 0.3 is 0 Å². The zero-order valence-electron chi connectivity index (χ0n) is 9.63. The minimum absolute atomic E-state index is 0.197. The highest BCUT2D eigenvalue weighted by Crippen LogP contribution is 2.26. The number of halogens is 2. The molecular weight excluding hydrogens is 241 g/mol. The summed E-state index contributed by atoms with van der Waals surface area (Å²) in [5, 5.41) is 3.40. The standard InChI is InChI=1S/C13H13ClFNO/c1-8-3-4-9(7-10(8)15)13(16-2)11-5-6-12(14)17-11/h3-7,13,16H,1-2H3. The zero-order valence-corrected chi connectivity index (χ0v) is 10.4. The molecule has 1 atom stereocenters. The van der Waals surface area contributed by atoms with Gasteiger partial charge in [-0.25, -0.2) is 4.39 Å². The summed E-state index contributed by atoms with van der Waals surface area (Å²) in [6.07, 6.45) is 0. The smallest absolute Gasteiger partial charge is 0.193 e. The third-order valence-electron chi connectivity index (χ3n) is 2.70. The molecule has 0 spiro atoms. The lowest BCUT2D eigenvalue weighted by molar-refractivity contribution is 0.463. The van der Waals surface area contributed by atoms with Gasteiger partial charge in [0.1, 0.15) is 11.6 Å². The van der Waals surface area contributed by atoms with E-state index in [9.17, 15) is 4.39 Å². The molecule has 1 heterocycles. The highest BCUT2D eigenvalue weighted by molar-refractivity contribution is 6.28. The van der Waals surface area contributed by atoms with Crippen LogP contribution in [0.15, 0.2) is 34.7 Å². The maximum Gasteiger partial charge on any atom is 0.193 e. The Morgan fingerprint density at radius 1 is 1.29 bits per heavy atom. The average Bonchev–Trinajstić information content (AvgIpc) is 2.71. The molecule has 1 unspecified atom stereocenters. The Morgan fingerprint density at radius 3 is 2.59 bits per heavy atom. The lowest BCUT2D eigenvalue weighted by Gasteiger charge is -2.14. The molecule has 0 saturated heterocycles. The molecular formula is C13H13ClFNO. The molecule has 17 heavy (non-hydrogen) atoms. The lowest BCUT2D eigenvalue weighted by atomic mass is 10.0. The quantitative estimate of drug-likeness (QED) is 0.903. The van der Waals surface area contributed by atoms with Gasteiger partial charge in [-0.3, -0.25) is 0 Å². The van der Waals surface area contributed by atoms with Gasteiger partial charge in [0.15, 0.2) is 5.22 Å². The highest BCUT2D eigenvalue weighted by atomic mass is 35.5. The number of aryl methyl sites for hydroxylation is 1. The molecule has 2 aromatic rings. The van der Waals surface area contributed by atoms with E-state index in [1.165, 1.54) is 6.07 Å². The van der Waals surface area contributed by atoms with Gasteiger partial charge in [0, 0.05) is 0 Å². The molecule has 1 N–H and O–H groups in total. The van der Waals surface area contributed by atoms with Crippen molar-refractivity contribution in [3.05, 3.63) is 58.3 Å². The fourth-order valence-corrected chi connectivity index (χ4v) is 1.90. The van der Waals surface area contributed by atoms with E-state index in [-0.39, 0.29) is 11.9 Å². The van der Waals surface area contributed by atoms with Gasteiger partial charge in [-0.05, 0) is 54.9 Å². The van der Waals surface area contributed by atoms with Crippen LogP contribution in [0.25, 0.3) is 0 Å². The summed E-state index contributed by atoms with van der Waals surface area (Å²) in [6.45, 7) is 1.73. The predicted molar refractivity (Wildman–Crippen MR) is 65.8 cm³/mol. The van der Waals surface area contributed by atoms with Crippen LogP contribution in [0.2, 0.25) is 5.22 Å². The number of benzene rings is 1. The Labute approximate surface area is 104 Å². The number of rotatable bonds is 3. The van der Waals surface area contributed by atoms with E-state index in [1.54, 1.807) is 32.2 Å². The van der Waals surface area contributed by atoms with Crippen molar-refractivity contribution in [1.82, 2.24) is 5.32 Å². The second-order valence-corrected chi connectivity index (χ2v) is 4.24. The maximum absolute atomic E-state index is 13.5. The molecule has 0 amide bonds. The van der Waals surface area contributed by atoms with Gasteiger partial charge in [-0.2, -0.15) is 0 Å². The van der Waals surface area contributed by atoms with Crippen molar-refractivity contribution >= 4 is 11.6 Å². The van der Waals surface area contributed by atoms with Crippen molar-refractivity contribution in [3.8, 4) is 0 Å². The summed E-state index contributed by atoms with van der Waals surface area (Å²) in [5.74, 6) is 0.446. The SMILES string of the molecule is CNC(c1ccc(C)c(F)c1)c1ccc(Cl)o1. The first kappa shape index (κ1) is 12.1. The van der Waals surface area contributed by atoms with Gasteiger partial charge in [0.25, 0.3) is 0 Å². The van der Waals surface area contributed by atoms with Crippen molar-refractivity contribution in [1.29, 1.82) is 0 Å². The van der Waals surface area contributed by atoms with Crippen LogP contribution >= 0.6 is 11.6 Å². The minimum atomic E-state index is -0.222. The van der Waals surface area contributed by atoms with Crippen LogP contribution in [0.3, 0.4) is 0 Å². The van der Waals surface area contributed by atoms with E-state index in [0.29, 0.717) is 16.5 Å². The van der Waals surface area contributed by atoms with Gasteiger partial charge in [-0.15, -0.1) is 0 Å². The fraction of sp³-hybridized carbons (Fsp3) is 0.231. The Bertz CT molecular complexity index is 524. The summed E-state index contributed by atoms with van der Waals surface area (Å²) < 4.78 is 18.9. The maximum atomic E-state index is 13.5. The Hall–Kier alpha value is -1.32. The van der Waals surface area contributed by atoms with Crippen molar-refractivity contribution in [2.24, 2.45) is 0 Å². The molecule has 0 aliphatic carbocycles. The molecule has 2 rings (SSSR count). The van der Waals surface area contributed by atoms with Gasteiger partial charge in [-0.1, -0.05) is 12.1 Å². The van der Waals surface area contributed by atoms with E-state index < -0.39 is 0 Å². The van der Waals surface area contributed by atoms with Crippen LogP contribution in [-0.2, 0) is 0 Å². The van der Waals surface area contributed by atoms with Crippen molar-refractivity contribution < 1.29 is 8.81 Å². The van der Waals surface area contributed by atoms with E-state index in [0.717, 1.165) is 5.56 Å². The lowest BCUT2D eigenvalue weighted by Crippen LogP contribution is -2.17. The summed E-state index contributed by atoms with van der Waals surface area (Å²) in [5.41, 5.74) is 1.43. The molecule has 0 aliphatic rings. The topological polar surface area (TPSA) is 25.2 Å². The normalized spacial score (nSPS) is 12.7. The minimum Gasteiger partial charge on any atom is -0.448 e. The van der Waals surface area contributed by atoms with Crippen LogP contribution in [0.4, 0.5) is 4.39 Å². The number of hydrogen-bond acceptors (Lipinski definition) is 2. The second kappa shape index (κ2) is 4.90.